The van der Waals surface area contributed by atoms with Crippen LogP contribution in [0.4, 0.5) is 10.5 Å². The number of aryl methyl sites for hydroxylation is 1. The summed E-state index contributed by atoms with van der Waals surface area (Å²) in [6, 6.07) is 11.8. The predicted molar refractivity (Wildman–Crippen MR) is 117 cm³/mol. The Morgan fingerprint density at radius 1 is 1.24 bits per heavy atom. The Morgan fingerprint density at radius 3 is 2.72 bits per heavy atom. The number of fused-ring (bicyclic) bond motifs is 1. The van der Waals surface area contributed by atoms with Crippen LogP contribution in [0, 0.1) is 0 Å². The number of nitrogens with one attached hydrogen (secondary N) is 1. The van der Waals surface area contributed by atoms with Crippen LogP contribution in [0.1, 0.15) is 60.9 Å². The Labute approximate surface area is 172 Å². The molecule has 29 heavy (non-hydrogen) atoms. The van der Waals surface area contributed by atoms with Gasteiger partial charge in [-0.05, 0) is 54.9 Å². The lowest BCUT2D eigenvalue weighted by atomic mass is 9.96. The predicted octanol–water partition coefficient (Wildman–Crippen LogP) is 4.58. The first kappa shape index (κ1) is 20.9. The zero-order valence-corrected chi connectivity index (χ0v) is 17.7. The SMILES string of the molecule is C/C(=N/OCc1c(NC(=O)N(C)N)cccc1C(C)C)c1cccc2c1CCC2. The van der Waals surface area contributed by atoms with E-state index in [-0.39, 0.29) is 18.6 Å². The van der Waals surface area contributed by atoms with Gasteiger partial charge in [-0.25, -0.2) is 10.6 Å². The average Bonchev–Trinajstić information content (AvgIpc) is 3.17. The highest BCUT2D eigenvalue weighted by Crippen LogP contribution is 2.28. The van der Waals surface area contributed by atoms with Crippen LogP contribution in [-0.2, 0) is 24.3 Å². The molecule has 0 aliphatic heterocycles. The van der Waals surface area contributed by atoms with Gasteiger partial charge in [0.15, 0.2) is 0 Å². The second-order valence-corrected chi connectivity index (χ2v) is 7.82. The third-order valence-electron chi connectivity index (χ3n) is 5.34. The van der Waals surface area contributed by atoms with E-state index >= 15 is 0 Å². The van der Waals surface area contributed by atoms with E-state index in [2.05, 4.69) is 42.5 Å². The van der Waals surface area contributed by atoms with Crippen molar-refractivity contribution in [1.82, 2.24) is 5.01 Å². The van der Waals surface area contributed by atoms with Crippen molar-refractivity contribution in [2.75, 3.05) is 12.4 Å². The van der Waals surface area contributed by atoms with Gasteiger partial charge in [-0.15, -0.1) is 0 Å². The molecule has 0 fully saturated rings. The fourth-order valence-corrected chi connectivity index (χ4v) is 3.83. The monoisotopic (exact) mass is 394 g/mol. The van der Waals surface area contributed by atoms with E-state index < -0.39 is 0 Å². The highest BCUT2D eigenvalue weighted by Gasteiger charge is 2.17. The average molecular weight is 395 g/mol. The minimum Gasteiger partial charge on any atom is -0.391 e. The normalized spacial score (nSPS) is 13.4. The Morgan fingerprint density at radius 2 is 2.00 bits per heavy atom. The number of oxime groups is 1. The molecule has 1 aliphatic carbocycles. The van der Waals surface area contributed by atoms with Crippen LogP contribution in [0.5, 0.6) is 0 Å². The van der Waals surface area contributed by atoms with Crippen molar-refractivity contribution in [3.05, 3.63) is 64.2 Å². The molecule has 2 aromatic rings. The summed E-state index contributed by atoms with van der Waals surface area (Å²) in [6.45, 7) is 6.47. The van der Waals surface area contributed by atoms with E-state index in [1.165, 1.54) is 24.6 Å². The molecule has 1 aliphatic rings. The first-order chi connectivity index (χ1) is 13.9. The summed E-state index contributed by atoms with van der Waals surface area (Å²) in [6.07, 6.45) is 3.43. The molecule has 3 rings (SSSR count). The summed E-state index contributed by atoms with van der Waals surface area (Å²) in [7, 11) is 1.50. The number of hydrazine groups is 1. The third kappa shape index (κ3) is 4.77. The summed E-state index contributed by atoms with van der Waals surface area (Å²) >= 11 is 0. The summed E-state index contributed by atoms with van der Waals surface area (Å²) in [5.74, 6) is 5.83. The molecule has 0 heterocycles. The van der Waals surface area contributed by atoms with Crippen molar-refractivity contribution in [2.24, 2.45) is 11.0 Å². The van der Waals surface area contributed by atoms with Crippen molar-refractivity contribution in [3.63, 3.8) is 0 Å². The zero-order chi connectivity index (χ0) is 21.0. The molecule has 0 radical (unpaired) electrons. The molecule has 154 valence electrons. The Hall–Kier alpha value is -2.86. The van der Waals surface area contributed by atoms with Crippen molar-refractivity contribution >= 4 is 17.4 Å². The van der Waals surface area contributed by atoms with E-state index in [9.17, 15) is 4.79 Å². The molecule has 6 nitrogen and oxygen atoms in total. The maximum Gasteiger partial charge on any atom is 0.335 e. The van der Waals surface area contributed by atoms with Crippen LogP contribution in [0.15, 0.2) is 41.6 Å². The Kier molecular flexibility index (Phi) is 6.54. The topological polar surface area (TPSA) is 80.0 Å². The molecular formula is C23H30N4O2. The number of anilines is 1. The molecule has 0 spiro atoms. The van der Waals surface area contributed by atoms with Gasteiger partial charge in [0, 0.05) is 23.9 Å². The summed E-state index contributed by atoms with van der Waals surface area (Å²) in [5.41, 5.74) is 7.54. The number of rotatable bonds is 6. The minimum absolute atomic E-state index is 0.268. The molecular weight excluding hydrogens is 364 g/mol. The molecule has 2 aromatic carbocycles. The molecule has 6 heteroatoms. The number of hydrogen-bond acceptors (Lipinski definition) is 4. The van der Waals surface area contributed by atoms with Crippen LogP contribution >= 0.6 is 0 Å². The molecule has 0 saturated carbocycles. The number of carbonyl (C=O) groups excluding carboxylic acids is 1. The second-order valence-electron chi connectivity index (χ2n) is 7.82. The summed E-state index contributed by atoms with van der Waals surface area (Å²) < 4.78 is 0. The fourth-order valence-electron chi connectivity index (χ4n) is 3.83. The van der Waals surface area contributed by atoms with Crippen molar-refractivity contribution in [2.45, 2.75) is 52.6 Å². The van der Waals surface area contributed by atoms with E-state index in [4.69, 9.17) is 10.7 Å². The molecule has 2 amide bonds. The lowest BCUT2D eigenvalue weighted by Gasteiger charge is -2.19. The van der Waals surface area contributed by atoms with Gasteiger partial charge in [0.1, 0.15) is 6.61 Å². The Balaban J connectivity index is 1.81. The van der Waals surface area contributed by atoms with Gasteiger partial charge in [-0.2, -0.15) is 0 Å². The number of carbonyl (C=O) groups is 1. The maximum absolute atomic E-state index is 12.0. The summed E-state index contributed by atoms with van der Waals surface area (Å²) in [4.78, 5) is 17.8. The highest BCUT2D eigenvalue weighted by molar-refractivity contribution is 6.00. The van der Waals surface area contributed by atoms with Gasteiger partial charge in [0.2, 0.25) is 0 Å². The number of benzene rings is 2. The molecule has 0 atom stereocenters. The zero-order valence-electron chi connectivity index (χ0n) is 17.7. The van der Waals surface area contributed by atoms with E-state index in [0.29, 0.717) is 5.69 Å². The number of nitrogens with zero attached hydrogens (tertiary/aromatic N) is 2. The van der Waals surface area contributed by atoms with Gasteiger partial charge in [-0.3, -0.25) is 5.01 Å². The Bertz CT molecular complexity index is 919. The van der Waals surface area contributed by atoms with Crippen molar-refractivity contribution in [3.8, 4) is 0 Å². The first-order valence-corrected chi connectivity index (χ1v) is 10.1. The summed E-state index contributed by atoms with van der Waals surface area (Å²) in [5, 5.41) is 8.25. The van der Waals surface area contributed by atoms with E-state index in [1.54, 1.807) is 0 Å². The second kappa shape index (κ2) is 9.09. The quantitative estimate of drug-likeness (QED) is 0.326. The van der Waals surface area contributed by atoms with Gasteiger partial charge in [0.25, 0.3) is 0 Å². The molecule has 0 unspecified atom stereocenters. The number of hydrogen-bond donors (Lipinski definition) is 2. The lowest BCUT2D eigenvalue weighted by Crippen LogP contribution is -2.37. The van der Waals surface area contributed by atoms with Crippen LogP contribution in [0.2, 0.25) is 0 Å². The first-order valence-electron chi connectivity index (χ1n) is 10.1. The van der Waals surface area contributed by atoms with Crippen molar-refractivity contribution < 1.29 is 9.63 Å². The largest absolute Gasteiger partial charge is 0.391 e. The minimum atomic E-state index is -0.383. The number of nitrogens with two attached hydrogens (primary N) is 1. The maximum atomic E-state index is 12.0. The van der Waals surface area contributed by atoms with Crippen LogP contribution in [0.25, 0.3) is 0 Å². The number of amides is 2. The van der Waals surface area contributed by atoms with Crippen LogP contribution < -0.4 is 11.2 Å². The van der Waals surface area contributed by atoms with Gasteiger partial charge in [0.05, 0.1) is 5.71 Å². The third-order valence-corrected chi connectivity index (χ3v) is 5.34. The van der Waals surface area contributed by atoms with E-state index in [1.807, 2.05) is 25.1 Å². The fraction of sp³-hybridized carbons (Fsp3) is 0.391. The van der Waals surface area contributed by atoms with Gasteiger partial charge in [-0.1, -0.05) is 49.3 Å². The van der Waals surface area contributed by atoms with Gasteiger partial charge < -0.3 is 10.2 Å². The molecule has 0 aromatic heterocycles. The lowest BCUT2D eigenvalue weighted by molar-refractivity contribution is 0.130. The van der Waals surface area contributed by atoms with Crippen LogP contribution in [0.3, 0.4) is 0 Å². The van der Waals surface area contributed by atoms with Gasteiger partial charge >= 0.3 is 6.03 Å². The van der Waals surface area contributed by atoms with Crippen LogP contribution in [-0.4, -0.2) is 23.8 Å². The van der Waals surface area contributed by atoms with E-state index in [0.717, 1.165) is 40.3 Å². The van der Waals surface area contributed by atoms with Crippen molar-refractivity contribution in [1.29, 1.82) is 0 Å². The molecule has 0 bridgehead atoms. The smallest absolute Gasteiger partial charge is 0.335 e. The molecule has 0 saturated heterocycles. The standard InChI is InChI=1S/C23H30N4O2/c1-15(2)18-10-7-13-22(25-23(28)27(4)24)21(18)14-29-26-16(3)19-11-5-8-17-9-6-12-20(17)19/h5,7-8,10-11,13,15H,6,9,12,14,24H2,1-4H3,(H,25,28)/b26-16-. The number of urea groups is 1. The molecule has 3 N–H and O–H groups in total. The highest BCUT2D eigenvalue weighted by atomic mass is 16.6.